The number of fused-ring (bicyclic) bond motifs is 1. The van der Waals surface area contributed by atoms with Crippen LogP contribution in [0.3, 0.4) is 0 Å². The summed E-state index contributed by atoms with van der Waals surface area (Å²) in [5.41, 5.74) is 1.85. The lowest BCUT2D eigenvalue weighted by Gasteiger charge is -2.25. The summed E-state index contributed by atoms with van der Waals surface area (Å²) in [6, 6.07) is 14.7. The highest BCUT2D eigenvalue weighted by Crippen LogP contribution is 2.31. The molecule has 0 radical (unpaired) electrons. The molecule has 1 saturated carbocycles. The van der Waals surface area contributed by atoms with Crippen molar-refractivity contribution in [3.05, 3.63) is 69.9 Å². The van der Waals surface area contributed by atoms with Crippen LogP contribution in [0.4, 0.5) is 0 Å². The Kier molecular flexibility index (Phi) is 4.34. The predicted octanol–water partition coefficient (Wildman–Crippen LogP) is 4.83. The number of hydrogen-bond acceptors (Lipinski definition) is 3. The Labute approximate surface area is 158 Å². The summed E-state index contributed by atoms with van der Waals surface area (Å²) in [5.74, 6) is 0.330. The number of nitrogens with one attached hydrogen (secondary N) is 1. The normalized spacial score (nSPS) is 15.8. The molecule has 0 bridgehead atoms. The van der Waals surface area contributed by atoms with E-state index in [9.17, 15) is 9.59 Å². The molecule has 3 aromatic rings. The van der Waals surface area contributed by atoms with Crippen LogP contribution in [-0.4, -0.2) is 11.4 Å². The molecular formula is C23H23NO3. The molecule has 0 aliphatic heterocycles. The van der Waals surface area contributed by atoms with Crippen molar-refractivity contribution < 1.29 is 9.21 Å². The van der Waals surface area contributed by atoms with E-state index in [4.69, 9.17) is 4.42 Å². The maximum atomic E-state index is 13.0. The molecule has 0 unspecified atom stereocenters. The van der Waals surface area contributed by atoms with Crippen molar-refractivity contribution in [3.63, 3.8) is 0 Å². The third-order valence-corrected chi connectivity index (χ3v) is 5.55. The van der Waals surface area contributed by atoms with Crippen molar-refractivity contribution >= 4 is 16.9 Å². The van der Waals surface area contributed by atoms with Crippen molar-refractivity contribution in [2.45, 2.75) is 45.1 Å². The number of rotatable bonds is 3. The molecule has 1 heterocycles. The van der Waals surface area contributed by atoms with Gasteiger partial charge in [0.25, 0.3) is 5.91 Å². The van der Waals surface area contributed by atoms with Gasteiger partial charge in [-0.05, 0) is 38.8 Å². The number of carbonyl (C=O) groups is 1. The Bertz CT molecular complexity index is 1060. The van der Waals surface area contributed by atoms with E-state index in [0.29, 0.717) is 27.9 Å². The van der Waals surface area contributed by atoms with Gasteiger partial charge in [0, 0.05) is 16.7 Å². The number of amides is 1. The molecule has 1 amide bonds. The molecule has 0 atom stereocenters. The van der Waals surface area contributed by atoms with Crippen LogP contribution in [0.25, 0.3) is 22.3 Å². The Morgan fingerprint density at radius 2 is 1.74 bits per heavy atom. The predicted molar refractivity (Wildman–Crippen MR) is 107 cm³/mol. The van der Waals surface area contributed by atoms with Gasteiger partial charge in [0.2, 0.25) is 0 Å². The Morgan fingerprint density at radius 1 is 1.04 bits per heavy atom. The highest BCUT2D eigenvalue weighted by atomic mass is 16.3. The van der Waals surface area contributed by atoms with Crippen molar-refractivity contribution in [3.8, 4) is 11.3 Å². The lowest BCUT2D eigenvalue weighted by atomic mass is 9.99. The molecule has 4 nitrogen and oxygen atoms in total. The van der Waals surface area contributed by atoms with Crippen molar-refractivity contribution in [1.82, 2.24) is 5.32 Å². The van der Waals surface area contributed by atoms with Crippen LogP contribution in [0.15, 0.2) is 57.7 Å². The zero-order valence-corrected chi connectivity index (χ0v) is 15.7. The van der Waals surface area contributed by atoms with Gasteiger partial charge in [0.15, 0.2) is 11.0 Å². The zero-order chi connectivity index (χ0) is 19.0. The number of para-hydroxylation sites is 1. The summed E-state index contributed by atoms with van der Waals surface area (Å²) >= 11 is 0. The van der Waals surface area contributed by atoms with Gasteiger partial charge >= 0.3 is 0 Å². The van der Waals surface area contributed by atoms with E-state index in [2.05, 4.69) is 12.2 Å². The Hall–Kier alpha value is -2.88. The van der Waals surface area contributed by atoms with Crippen LogP contribution in [0, 0.1) is 6.92 Å². The monoisotopic (exact) mass is 361 g/mol. The lowest BCUT2D eigenvalue weighted by Crippen LogP contribution is -2.43. The summed E-state index contributed by atoms with van der Waals surface area (Å²) in [6.07, 6.45) is 4.20. The molecule has 1 aliphatic rings. The number of benzene rings is 2. The highest BCUT2D eigenvalue weighted by molar-refractivity contribution is 6.05. The Morgan fingerprint density at radius 3 is 2.44 bits per heavy atom. The highest BCUT2D eigenvalue weighted by Gasteiger charge is 2.31. The molecule has 0 saturated heterocycles. The molecule has 4 rings (SSSR count). The molecule has 1 N–H and O–H groups in total. The fraction of sp³-hybridized carbons (Fsp3) is 0.304. The van der Waals surface area contributed by atoms with Gasteiger partial charge in [-0.2, -0.15) is 0 Å². The van der Waals surface area contributed by atoms with Gasteiger partial charge in [-0.15, -0.1) is 0 Å². The summed E-state index contributed by atoms with van der Waals surface area (Å²) < 4.78 is 6.15. The third-order valence-electron chi connectivity index (χ3n) is 5.55. The molecule has 0 spiro atoms. The third kappa shape index (κ3) is 3.16. The lowest BCUT2D eigenvalue weighted by molar-refractivity contribution is 0.0909. The second-order valence-corrected chi connectivity index (χ2v) is 7.66. The minimum atomic E-state index is -0.188. The first-order chi connectivity index (χ1) is 13.0. The van der Waals surface area contributed by atoms with E-state index < -0.39 is 0 Å². The van der Waals surface area contributed by atoms with Crippen LogP contribution < -0.4 is 10.7 Å². The van der Waals surface area contributed by atoms with Gasteiger partial charge < -0.3 is 9.73 Å². The quantitative estimate of drug-likeness (QED) is 0.727. The minimum absolute atomic E-state index is 0.100. The first-order valence-corrected chi connectivity index (χ1v) is 9.43. The molecule has 1 aromatic heterocycles. The van der Waals surface area contributed by atoms with E-state index in [1.54, 1.807) is 25.1 Å². The standard InChI is InChI=1S/C23H23NO3/c1-15-19(25)17-11-8-12-18(22(26)24-23(2)13-6-7-14-23)21(17)27-20(15)16-9-4-3-5-10-16/h3-5,8-12H,6-7,13-14H2,1-2H3,(H,24,26). The van der Waals surface area contributed by atoms with E-state index in [0.717, 1.165) is 31.2 Å². The second kappa shape index (κ2) is 6.69. The summed E-state index contributed by atoms with van der Waals surface area (Å²) in [6.45, 7) is 3.85. The van der Waals surface area contributed by atoms with Crippen LogP contribution in [0.5, 0.6) is 0 Å². The molecule has 4 heteroatoms. The molecular weight excluding hydrogens is 338 g/mol. The van der Waals surface area contributed by atoms with E-state index in [-0.39, 0.29) is 16.9 Å². The Balaban J connectivity index is 1.86. The number of carbonyl (C=O) groups excluding carboxylic acids is 1. The van der Waals surface area contributed by atoms with Crippen molar-refractivity contribution in [2.24, 2.45) is 0 Å². The summed E-state index contributed by atoms with van der Waals surface area (Å²) in [5, 5.41) is 3.60. The van der Waals surface area contributed by atoms with Crippen molar-refractivity contribution in [2.75, 3.05) is 0 Å². The molecule has 138 valence electrons. The first-order valence-electron chi connectivity index (χ1n) is 9.43. The topological polar surface area (TPSA) is 59.3 Å². The first kappa shape index (κ1) is 17.5. The van der Waals surface area contributed by atoms with Gasteiger partial charge in [-0.3, -0.25) is 9.59 Å². The smallest absolute Gasteiger partial charge is 0.255 e. The van der Waals surface area contributed by atoms with Crippen LogP contribution in [-0.2, 0) is 0 Å². The van der Waals surface area contributed by atoms with Crippen LogP contribution in [0.2, 0.25) is 0 Å². The van der Waals surface area contributed by atoms with Gasteiger partial charge in [-0.1, -0.05) is 49.2 Å². The maximum Gasteiger partial charge on any atom is 0.255 e. The maximum absolute atomic E-state index is 13.0. The average Bonchev–Trinajstić information content (AvgIpc) is 3.10. The van der Waals surface area contributed by atoms with Crippen molar-refractivity contribution in [1.29, 1.82) is 0 Å². The largest absolute Gasteiger partial charge is 0.455 e. The minimum Gasteiger partial charge on any atom is -0.455 e. The number of hydrogen-bond donors (Lipinski definition) is 1. The molecule has 2 aromatic carbocycles. The summed E-state index contributed by atoms with van der Waals surface area (Å²) in [4.78, 5) is 25.9. The van der Waals surface area contributed by atoms with E-state index in [1.165, 1.54) is 0 Å². The molecule has 1 aliphatic carbocycles. The molecule has 1 fully saturated rings. The fourth-order valence-electron chi connectivity index (χ4n) is 3.98. The van der Waals surface area contributed by atoms with Gasteiger partial charge in [0.1, 0.15) is 5.76 Å². The van der Waals surface area contributed by atoms with E-state index >= 15 is 0 Å². The summed E-state index contributed by atoms with van der Waals surface area (Å²) in [7, 11) is 0. The zero-order valence-electron chi connectivity index (χ0n) is 15.7. The molecule has 27 heavy (non-hydrogen) atoms. The fourth-order valence-corrected chi connectivity index (χ4v) is 3.98. The second-order valence-electron chi connectivity index (χ2n) is 7.66. The van der Waals surface area contributed by atoms with Crippen LogP contribution >= 0.6 is 0 Å². The van der Waals surface area contributed by atoms with Gasteiger partial charge in [0.05, 0.1) is 10.9 Å². The average molecular weight is 361 g/mol. The van der Waals surface area contributed by atoms with Gasteiger partial charge in [-0.25, -0.2) is 0 Å². The van der Waals surface area contributed by atoms with E-state index in [1.807, 2.05) is 30.3 Å². The SMILES string of the molecule is Cc1c(-c2ccccc2)oc2c(C(=O)NC3(C)CCCC3)cccc2c1=O. The van der Waals surface area contributed by atoms with Crippen LogP contribution in [0.1, 0.15) is 48.5 Å².